The van der Waals surface area contributed by atoms with Crippen LogP contribution in [0.4, 0.5) is 23.3 Å². The SMILES string of the molecule is CC(C)(O)c1cccc(C2Nc3cc(Nc4cc(C5CCOCC5)nc(N5C[C@@H]6C[C@H]5CN6)n4)ncc3S2)c1. The van der Waals surface area contributed by atoms with Gasteiger partial charge in [-0.25, -0.2) is 9.97 Å². The fourth-order valence-electron chi connectivity index (χ4n) is 6.03. The maximum absolute atomic E-state index is 10.5. The monoisotopic (exact) mass is 545 g/mol. The van der Waals surface area contributed by atoms with Gasteiger partial charge >= 0.3 is 0 Å². The van der Waals surface area contributed by atoms with Gasteiger partial charge in [-0.3, -0.25) is 0 Å². The van der Waals surface area contributed by atoms with Crippen molar-refractivity contribution in [3.63, 3.8) is 0 Å². The minimum Gasteiger partial charge on any atom is -0.386 e. The van der Waals surface area contributed by atoms with Crippen molar-refractivity contribution in [2.24, 2.45) is 0 Å². The molecule has 204 valence electrons. The lowest BCUT2D eigenvalue weighted by Gasteiger charge is -2.29. The number of piperazine rings is 1. The zero-order valence-electron chi connectivity index (χ0n) is 22.4. The van der Waals surface area contributed by atoms with E-state index in [-0.39, 0.29) is 5.37 Å². The molecule has 9 nitrogen and oxygen atoms in total. The zero-order chi connectivity index (χ0) is 26.6. The summed E-state index contributed by atoms with van der Waals surface area (Å²) in [5.74, 6) is 2.73. The van der Waals surface area contributed by atoms with Crippen LogP contribution in [0, 0.1) is 0 Å². The van der Waals surface area contributed by atoms with Gasteiger partial charge in [-0.2, -0.15) is 4.98 Å². The van der Waals surface area contributed by atoms with Crippen LogP contribution in [0.3, 0.4) is 0 Å². The minimum atomic E-state index is -0.879. The summed E-state index contributed by atoms with van der Waals surface area (Å²) in [6.45, 7) is 7.13. The van der Waals surface area contributed by atoms with E-state index in [9.17, 15) is 5.11 Å². The van der Waals surface area contributed by atoms with Crippen LogP contribution in [0.1, 0.15) is 61.2 Å². The molecule has 0 amide bonds. The van der Waals surface area contributed by atoms with Crippen LogP contribution in [0.15, 0.2) is 47.5 Å². The molecule has 0 spiro atoms. The number of aromatic nitrogens is 3. The molecule has 3 saturated heterocycles. The summed E-state index contributed by atoms with van der Waals surface area (Å²) in [6, 6.07) is 13.3. The van der Waals surface area contributed by atoms with Gasteiger partial charge in [0.25, 0.3) is 0 Å². The second-order valence-electron chi connectivity index (χ2n) is 11.5. The Morgan fingerprint density at radius 1 is 1.13 bits per heavy atom. The Kier molecular flexibility index (Phi) is 6.38. The molecule has 4 aliphatic rings. The number of hydrogen-bond acceptors (Lipinski definition) is 10. The number of pyridine rings is 1. The Labute approximate surface area is 233 Å². The molecular weight excluding hydrogens is 510 g/mol. The number of nitrogens with zero attached hydrogens (tertiary/aromatic N) is 4. The lowest BCUT2D eigenvalue weighted by Crippen LogP contribution is -2.44. The highest BCUT2D eigenvalue weighted by molar-refractivity contribution is 8.00. The molecule has 7 rings (SSSR count). The van der Waals surface area contributed by atoms with Crippen LogP contribution in [-0.2, 0) is 10.3 Å². The van der Waals surface area contributed by atoms with Crippen LogP contribution < -0.4 is 20.9 Å². The Balaban J connectivity index is 1.13. The maximum Gasteiger partial charge on any atom is 0.227 e. The normalized spacial score (nSPS) is 24.6. The van der Waals surface area contributed by atoms with E-state index in [2.05, 4.69) is 45.1 Å². The van der Waals surface area contributed by atoms with Gasteiger partial charge in [0.2, 0.25) is 5.95 Å². The number of benzene rings is 1. The molecule has 4 N–H and O–H groups in total. The van der Waals surface area contributed by atoms with Crippen molar-refractivity contribution in [3.8, 4) is 0 Å². The van der Waals surface area contributed by atoms with E-state index in [1.165, 1.54) is 0 Å². The summed E-state index contributed by atoms with van der Waals surface area (Å²) in [5.41, 5.74) is 3.28. The Morgan fingerprint density at radius 3 is 2.77 bits per heavy atom. The van der Waals surface area contributed by atoms with Crippen molar-refractivity contribution >= 4 is 35.0 Å². The Hall–Kier alpha value is -2.92. The average Bonchev–Trinajstić information content (AvgIpc) is 3.69. The van der Waals surface area contributed by atoms with Gasteiger partial charge in [0.05, 0.1) is 21.9 Å². The highest BCUT2D eigenvalue weighted by atomic mass is 32.2. The van der Waals surface area contributed by atoms with Crippen molar-refractivity contribution in [2.75, 3.05) is 41.8 Å². The van der Waals surface area contributed by atoms with Crippen molar-refractivity contribution in [3.05, 3.63) is 59.4 Å². The van der Waals surface area contributed by atoms with E-state index in [1.807, 2.05) is 32.2 Å². The molecule has 2 aromatic heterocycles. The highest BCUT2D eigenvalue weighted by Gasteiger charge is 2.39. The summed E-state index contributed by atoms with van der Waals surface area (Å²) in [5, 5.41) is 21.2. The molecule has 1 unspecified atom stereocenters. The van der Waals surface area contributed by atoms with Gasteiger partial charge in [-0.15, -0.1) is 0 Å². The highest BCUT2D eigenvalue weighted by Crippen LogP contribution is 2.47. The van der Waals surface area contributed by atoms with Crippen molar-refractivity contribution in [1.82, 2.24) is 20.3 Å². The van der Waals surface area contributed by atoms with Gasteiger partial charge in [0, 0.05) is 62.6 Å². The first-order valence-electron chi connectivity index (χ1n) is 13.9. The van der Waals surface area contributed by atoms with E-state index >= 15 is 0 Å². The van der Waals surface area contributed by atoms with E-state index in [1.54, 1.807) is 11.8 Å². The summed E-state index contributed by atoms with van der Waals surface area (Å²) < 4.78 is 5.61. The predicted molar refractivity (Wildman–Crippen MR) is 154 cm³/mol. The molecule has 0 saturated carbocycles. The topological polar surface area (TPSA) is 107 Å². The van der Waals surface area contributed by atoms with E-state index < -0.39 is 5.60 Å². The lowest BCUT2D eigenvalue weighted by atomic mass is 9.96. The third kappa shape index (κ3) is 5.06. The fraction of sp³-hybridized carbons (Fsp3) is 0.483. The number of ether oxygens (including phenoxy) is 1. The van der Waals surface area contributed by atoms with Gasteiger partial charge < -0.3 is 30.7 Å². The lowest BCUT2D eigenvalue weighted by molar-refractivity contribution is 0.0785. The van der Waals surface area contributed by atoms with E-state index in [4.69, 9.17) is 19.7 Å². The number of aliphatic hydroxyl groups is 1. The molecule has 3 fully saturated rings. The van der Waals surface area contributed by atoms with Crippen LogP contribution in [-0.4, -0.2) is 58.4 Å². The van der Waals surface area contributed by atoms with Crippen molar-refractivity contribution in [2.45, 2.75) is 67.0 Å². The van der Waals surface area contributed by atoms with Crippen LogP contribution >= 0.6 is 11.8 Å². The first-order chi connectivity index (χ1) is 18.9. The number of hydrogen-bond donors (Lipinski definition) is 4. The summed E-state index contributed by atoms with van der Waals surface area (Å²) in [6.07, 6.45) is 5.04. The number of rotatable bonds is 6. The second-order valence-corrected chi connectivity index (χ2v) is 12.7. The number of thioether (sulfide) groups is 1. The zero-order valence-corrected chi connectivity index (χ0v) is 23.2. The van der Waals surface area contributed by atoms with Gasteiger partial charge in [0.15, 0.2) is 0 Å². The third-order valence-corrected chi connectivity index (χ3v) is 9.44. The fourth-order valence-corrected chi connectivity index (χ4v) is 7.11. The minimum absolute atomic E-state index is 0.0596. The van der Waals surface area contributed by atoms with E-state index in [0.717, 1.165) is 90.6 Å². The van der Waals surface area contributed by atoms with Crippen molar-refractivity contribution in [1.29, 1.82) is 0 Å². The quantitative estimate of drug-likeness (QED) is 0.354. The molecule has 2 bridgehead atoms. The molecule has 10 heteroatoms. The molecule has 0 radical (unpaired) electrons. The Bertz CT molecular complexity index is 1370. The van der Waals surface area contributed by atoms with Gasteiger partial charge in [-0.1, -0.05) is 36.0 Å². The van der Waals surface area contributed by atoms with Crippen molar-refractivity contribution < 1.29 is 9.84 Å². The molecule has 0 aliphatic carbocycles. The Morgan fingerprint density at radius 2 is 2.00 bits per heavy atom. The second kappa shape index (κ2) is 9.92. The van der Waals surface area contributed by atoms with Crippen LogP contribution in [0.2, 0.25) is 0 Å². The first-order valence-corrected chi connectivity index (χ1v) is 14.8. The van der Waals surface area contributed by atoms with Gasteiger partial charge in [0.1, 0.15) is 17.0 Å². The molecule has 4 aliphatic heterocycles. The van der Waals surface area contributed by atoms with Crippen LogP contribution in [0.5, 0.6) is 0 Å². The maximum atomic E-state index is 10.5. The average molecular weight is 546 g/mol. The largest absolute Gasteiger partial charge is 0.386 e. The smallest absolute Gasteiger partial charge is 0.227 e. The standard InChI is InChI=1S/C29H35N7O2S/c1-29(2,37)19-5-3-4-18(10-19)27-32-23-13-25(31-15-24(23)39-27)34-26-12-22(17-6-8-38-9-7-17)33-28(35-26)36-16-20-11-21(36)14-30-20/h3-5,10,12-13,15,17,20-21,27,30,32,37H,6-9,11,14,16H2,1-2H3,(H,31,33,34,35)/t20-,21-,27?/m0/s1. The molecule has 1 aromatic carbocycles. The molecular formula is C29H35N7O2S. The summed E-state index contributed by atoms with van der Waals surface area (Å²) in [4.78, 5) is 18.2. The molecule has 3 atom stereocenters. The number of fused-ring (bicyclic) bond motifs is 3. The van der Waals surface area contributed by atoms with Crippen LogP contribution in [0.25, 0.3) is 0 Å². The molecule has 39 heavy (non-hydrogen) atoms. The summed E-state index contributed by atoms with van der Waals surface area (Å²) >= 11 is 1.74. The molecule has 3 aromatic rings. The predicted octanol–water partition coefficient (Wildman–Crippen LogP) is 4.50. The first kappa shape index (κ1) is 25.1. The third-order valence-electron chi connectivity index (χ3n) is 8.24. The molecule has 6 heterocycles. The number of nitrogens with one attached hydrogen (secondary N) is 3. The summed E-state index contributed by atoms with van der Waals surface area (Å²) in [7, 11) is 0. The van der Waals surface area contributed by atoms with E-state index in [0.29, 0.717) is 18.0 Å². The van der Waals surface area contributed by atoms with Gasteiger partial charge in [-0.05, 0) is 44.2 Å². The number of anilines is 4.